The predicted octanol–water partition coefficient (Wildman–Crippen LogP) is 3.22. The molecular formula is C18H18N4O2. The van der Waals surface area contributed by atoms with Crippen molar-refractivity contribution in [3.05, 3.63) is 52.9 Å². The van der Waals surface area contributed by atoms with Crippen LogP contribution in [-0.4, -0.2) is 20.1 Å². The second kappa shape index (κ2) is 5.70. The highest BCUT2D eigenvalue weighted by Gasteiger charge is 2.36. The molecule has 6 nitrogen and oxygen atoms in total. The quantitative estimate of drug-likeness (QED) is 0.779. The highest BCUT2D eigenvalue weighted by Crippen LogP contribution is 2.48. The molecule has 0 aliphatic heterocycles. The Morgan fingerprint density at radius 2 is 2.00 bits per heavy atom. The lowest BCUT2D eigenvalue weighted by Gasteiger charge is -2.03. The number of nitrogens with one attached hydrogen (secondary N) is 1. The van der Waals surface area contributed by atoms with Gasteiger partial charge in [0.2, 0.25) is 11.7 Å². The fourth-order valence-corrected chi connectivity index (χ4v) is 2.69. The molecule has 4 rings (SSSR count). The van der Waals surface area contributed by atoms with Gasteiger partial charge in [0.25, 0.3) is 5.56 Å². The minimum Gasteiger partial charge on any atom is -0.339 e. The van der Waals surface area contributed by atoms with E-state index >= 15 is 0 Å². The predicted molar refractivity (Wildman–Crippen MR) is 89.2 cm³/mol. The Hall–Kier alpha value is -2.76. The van der Waals surface area contributed by atoms with Crippen molar-refractivity contribution in [1.29, 1.82) is 0 Å². The summed E-state index contributed by atoms with van der Waals surface area (Å²) in [5, 5.41) is 3.95. The van der Waals surface area contributed by atoms with Gasteiger partial charge in [0.05, 0.1) is 5.56 Å². The van der Waals surface area contributed by atoms with Crippen LogP contribution >= 0.6 is 0 Å². The van der Waals surface area contributed by atoms with Crippen molar-refractivity contribution in [3.63, 3.8) is 0 Å². The Bertz CT molecular complexity index is 910. The van der Waals surface area contributed by atoms with E-state index in [9.17, 15) is 4.79 Å². The number of hydrogen-bond donors (Lipinski definition) is 1. The SMILES string of the molecule is CC1(CCc2nc(-c3ccc(-c4ccncc4)[nH]c3=O)no2)CC1. The molecule has 0 aromatic carbocycles. The van der Waals surface area contributed by atoms with Crippen LogP contribution in [0.15, 0.2) is 46.0 Å². The normalized spacial score (nSPS) is 15.4. The van der Waals surface area contributed by atoms with Gasteiger partial charge in [-0.3, -0.25) is 9.78 Å². The molecule has 0 atom stereocenters. The van der Waals surface area contributed by atoms with Crippen LogP contribution in [-0.2, 0) is 6.42 Å². The van der Waals surface area contributed by atoms with Crippen LogP contribution in [0.5, 0.6) is 0 Å². The molecule has 3 heterocycles. The molecule has 1 aliphatic rings. The van der Waals surface area contributed by atoms with Crippen LogP contribution in [0.3, 0.4) is 0 Å². The van der Waals surface area contributed by atoms with E-state index in [-0.39, 0.29) is 5.56 Å². The van der Waals surface area contributed by atoms with Gasteiger partial charge in [-0.05, 0) is 48.9 Å². The van der Waals surface area contributed by atoms with Crippen molar-refractivity contribution >= 4 is 0 Å². The van der Waals surface area contributed by atoms with Crippen LogP contribution in [0, 0.1) is 5.41 Å². The van der Waals surface area contributed by atoms with Crippen molar-refractivity contribution in [3.8, 4) is 22.6 Å². The molecule has 3 aromatic heterocycles. The smallest absolute Gasteiger partial charge is 0.259 e. The maximum atomic E-state index is 12.4. The zero-order valence-electron chi connectivity index (χ0n) is 13.5. The van der Waals surface area contributed by atoms with Gasteiger partial charge in [0.1, 0.15) is 0 Å². The maximum absolute atomic E-state index is 12.4. The van der Waals surface area contributed by atoms with Gasteiger partial charge in [-0.2, -0.15) is 4.98 Å². The lowest BCUT2D eigenvalue weighted by Crippen LogP contribution is -2.10. The van der Waals surface area contributed by atoms with Gasteiger partial charge in [-0.1, -0.05) is 12.1 Å². The van der Waals surface area contributed by atoms with E-state index in [0.29, 0.717) is 22.7 Å². The fourth-order valence-electron chi connectivity index (χ4n) is 2.69. The third-order valence-corrected chi connectivity index (χ3v) is 4.66. The summed E-state index contributed by atoms with van der Waals surface area (Å²) in [4.78, 5) is 23.6. The number of pyridine rings is 2. The van der Waals surface area contributed by atoms with Crippen molar-refractivity contribution < 1.29 is 4.52 Å². The van der Waals surface area contributed by atoms with Crippen molar-refractivity contribution in [2.24, 2.45) is 5.41 Å². The van der Waals surface area contributed by atoms with Crippen molar-refractivity contribution in [1.82, 2.24) is 20.1 Å². The summed E-state index contributed by atoms with van der Waals surface area (Å²) in [5.41, 5.74) is 2.26. The standard InChI is InChI=1S/C18H18N4O2/c1-18(8-9-18)7-4-15-21-16(22-24-15)13-2-3-14(20-17(13)23)12-5-10-19-11-6-12/h2-3,5-6,10-11H,4,7-9H2,1H3,(H,20,23). The third kappa shape index (κ3) is 2.99. The summed E-state index contributed by atoms with van der Waals surface area (Å²) in [6, 6.07) is 7.25. The highest BCUT2D eigenvalue weighted by atomic mass is 16.5. The average Bonchev–Trinajstić information content (AvgIpc) is 3.16. The maximum Gasteiger partial charge on any atom is 0.259 e. The number of aromatic nitrogens is 4. The zero-order valence-corrected chi connectivity index (χ0v) is 13.5. The van der Waals surface area contributed by atoms with Gasteiger partial charge in [0.15, 0.2) is 0 Å². The minimum absolute atomic E-state index is 0.231. The van der Waals surface area contributed by atoms with E-state index in [4.69, 9.17) is 4.52 Å². The average molecular weight is 322 g/mol. The molecule has 0 saturated heterocycles. The van der Waals surface area contributed by atoms with E-state index in [0.717, 1.165) is 24.1 Å². The number of nitrogens with zero attached hydrogens (tertiary/aromatic N) is 3. The van der Waals surface area contributed by atoms with Gasteiger partial charge in [0, 0.05) is 30.1 Å². The summed E-state index contributed by atoms with van der Waals surface area (Å²) < 4.78 is 5.29. The summed E-state index contributed by atoms with van der Waals surface area (Å²) in [6.07, 6.45) is 7.72. The Morgan fingerprint density at radius 3 is 2.71 bits per heavy atom. The molecule has 1 N–H and O–H groups in total. The molecule has 1 aliphatic carbocycles. The lowest BCUT2D eigenvalue weighted by molar-refractivity contribution is 0.362. The van der Waals surface area contributed by atoms with E-state index < -0.39 is 0 Å². The monoisotopic (exact) mass is 322 g/mol. The largest absolute Gasteiger partial charge is 0.339 e. The van der Waals surface area contributed by atoms with Gasteiger partial charge < -0.3 is 9.51 Å². The first-order valence-electron chi connectivity index (χ1n) is 8.10. The Kier molecular flexibility index (Phi) is 3.52. The zero-order chi connectivity index (χ0) is 16.6. The molecular weight excluding hydrogens is 304 g/mol. The van der Waals surface area contributed by atoms with Crippen LogP contribution in [0.2, 0.25) is 0 Å². The minimum atomic E-state index is -0.231. The molecule has 1 saturated carbocycles. The summed E-state index contributed by atoms with van der Waals surface area (Å²) >= 11 is 0. The van der Waals surface area contributed by atoms with E-state index in [2.05, 4.69) is 27.0 Å². The van der Waals surface area contributed by atoms with E-state index in [1.54, 1.807) is 18.5 Å². The fraction of sp³-hybridized carbons (Fsp3) is 0.333. The molecule has 0 unspecified atom stereocenters. The van der Waals surface area contributed by atoms with Gasteiger partial charge in [-0.25, -0.2) is 0 Å². The molecule has 0 amide bonds. The second-order valence-corrected chi connectivity index (χ2v) is 6.67. The number of rotatable bonds is 5. The molecule has 1 fully saturated rings. The Balaban J connectivity index is 1.56. The van der Waals surface area contributed by atoms with Gasteiger partial charge in [-0.15, -0.1) is 0 Å². The number of aryl methyl sites for hydroxylation is 1. The molecule has 6 heteroatoms. The second-order valence-electron chi connectivity index (χ2n) is 6.67. The molecule has 122 valence electrons. The van der Waals surface area contributed by atoms with Crippen molar-refractivity contribution in [2.75, 3.05) is 0 Å². The van der Waals surface area contributed by atoms with Crippen LogP contribution in [0.1, 0.15) is 32.1 Å². The number of H-pyrrole nitrogens is 1. The summed E-state index contributed by atoms with van der Waals surface area (Å²) in [5.74, 6) is 0.934. The Labute approximate surface area is 139 Å². The van der Waals surface area contributed by atoms with Crippen LogP contribution < -0.4 is 5.56 Å². The summed E-state index contributed by atoms with van der Waals surface area (Å²) in [6.45, 7) is 2.27. The van der Waals surface area contributed by atoms with Crippen LogP contribution in [0.4, 0.5) is 0 Å². The van der Waals surface area contributed by atoms with Crippen molar-refractivity contribution in [2.45, 2.75) is 32.6 Å². The first-order valence-corrected chi connectivity index (χ1v) is 8.10. The van der Waals surface area contributed by atoms with E-state index in [1.807, 2.05) is 18.2 Å². The molecule has 24 heavy (non-hydrogen) atoms. The highest BCUT2D eigenvalue weighted by molar-refractivity contribution is 5.62. The first kappa shape index (κ1) is 14.8. The molecule has 3 aromatic rings. The number of aromatic amines is 1. The first-order chi connectivity index (χ1) is 11.6. The third-order valence-electron chi connectivity index (χ3n) is 4.66. The number of hydrogen-bond acceptors (Lipinski definition) is 5. The molecule has 0 radical (unpaired) electrons. The molecule has 0 spiro atoms. The van der Waals surface area contributed by atoms with Gasteiger partial charge >= 0.3 is 0 Å². The summed E-state index contributed by atoms with van der Waals surface area (Å²) in [7, 11) is 0. The van der Waals surface area contributed by atoms with Crippen LogP contribution in [0.25, 0.3) is 22.6 Å². The Morgan fingerprint density at radius 1 is 1.21 bits per heavy atom. The lowest BCUT2D eigenvalue weighted by atomic mass is 10.0. The molecule has 0 bridgehead atoms. The van der Waals surface area contributed by atoms with E-state index in [1.165, 1.54) is 12.8 Å². The topological polar surface area (TPSA) is 84.7 Å².